The quantitative estimate of drug-likeness (QED) is 0.817. The number of piperazine rings is 1. The molecule has 0 aliphatic carbocycles. The van der Waals surface area contributed by atoms with Crippen molar-refractivity contribution >= 4 is 5.91 Å². The third-order valence-corrected chi connectivity index (χ3v) is 3.94. The summed E-state index contributed by atoms with van der Waals surface area (Å²) in [7, 11) is 0. The number of nitrogens with one attached hydrogen (secondary N) is 1. The number of hydrogen-bond donors (Lipinski definition) is 1. The summed E-state index contributed by atoms with van der Waals surface area (Å²) in [6.45, 7) is 12.0. The van der Waals surface area contributed by atoms with Gasteiger partial charge in [-0.3, -0.25) is 14.6 Å². The van der Waals surface area contributed by atoms with Gasteiger partial charge in [0.1, 0.15) is 6.23 Å². The molecule has 0 radical (unpaired) electrons. The van der Waals surface area contributed by atoms with Crippen LogP contribution in [-0.2, 0) is 9.53 Å². The molecule has 1 atom stereocenters. The van der Waals surface area contributed by atoms with Gasteiger partial charge in [0, 0.05) is 38.3 Å². The lowest BCUT2D eigenvalue weighted by Crippen LogP contribution is -2.55. The van der Waals surface area contributed by atoms with E-state index in [4.69, 9.17) is 4.74 Å². The Bertz CT molecular complexity index is 300. The Morgan fingerprint density at radius 1 is 1.26 bits per heavy atom. The van der Waals surface area contributed by atoms with Crippen molar-refractivity contribution < 1.29 is 9.53 Å². The van der Waals surface area contributed by atoms with E-state index < -0.39 is 0 Å². The molecule has 2 heterocycles. The summed E-state index contributed by atoms with van der Waals surface area (Å²) in [6.07, 6.45) is 1.95. The number of carbonyl (C=O) groups is 1. The number of ether oxygens (including phenoxy) is 1. The number of nitrogens with zero attached hydrogens (tertiary/aromatic N) is 2. The van der Waals surface area contributed by atoms with Gasteiger partial charge in [0.15, 0.2) is 0 Å². The standard InChI is InChI=1S/C14H27N3O2/c1-14(2,3)17-8-6-16(7-9-17)11-12(18)15-13-5-4-10-19-13/h13H,4-11H2,1-3H3,(H,15,18). The predicted molar refractivity (Wildman–Crippen MR) is 74.9 cm³/mol. The van der Waals surface area contributed by atoms with Gasteiger partial charge in [-0.2, -0.15) is 0 Å². The van der Waals surface area contributed by atoms with Crippen LogP contribution in [0.2, 0.25) is 0 Å². The van der Waals surface area contributed by atoms with Crippen LogP contribution in [0.5, 0.6) is 0 Å². The minimum atomic E-state index is -0.0524. The van der Waals surface area contributed by atoms with Crippen molar-refractivity contribution in [2.24, 2.45) is 0 Å². The molecule has 5 heteroatoms. The van der Waals surface area contributed by atoms with Crippen LogP contribution in [0.25, 0.3) is 0 Å². The highest BCUT2D eigenvalue weighted by molar-refractivity contribution is 5.78. The Hall–Kier alpha value is -0.650. The molecular weight excluding hydrogens is 242 g/mol. The van der Waals surface area contributed by atoms with Gasteiger partial charge in [-0.1, -0.05) is 0 Å². The second kappa shape index (κ2) is 6.20. The molecule has 2 saturated heterocycles. The van der Waals surface area contributed by atoms with Crippen LogP contribution >= 0.6 is 0 Å². The summed E-state index contributed by atoms with van der Waals surface area (Å²) in [4.78, 5) is 16.6. The topological polar surface area (TPSA) is 44.8 Å². The summed E-state index contributed by atoms with van der Waals surface area (Å²) >= 11 is 0. The van der Waals surface area contributed by atoms with E-state index in [1.807, 2.05) is 0 Å². The van der Waals surface area contributed by atoms with Crippen molar-refractivity contribution in [1.82, 2.24) is 15.1 Å². The molecule has 2 fully saturated rings. The maximum Gasteiger partial charge on any atom is 0.236 e. The van der Waals surface area contributed by atoms with E-state index in [9.17, 15) is 4.79 Å². The fourth-order valence-corrected chi connectivity index (χ4v) is 2.70. The lowest BCUT2D eigenvalue weighted by molar-refractivity contribution is -0.126. The molecule has 0 aromatic rings. The average Bonchev–Trinajstić information content (AvgIpc) is 2.81. The Labute approximate surface area is 116 Å². The minimum absolute atomic E-state index is 0.0524. The lowest BCUT2D eigenvalue weighted by atomic mass is 10.1. The molecule has 1 N–H and O–H groups in total. The molecule has 0 aromatic heterocycles. The van der Waals surface area contributed by atoms with Crippen molar-refractivity contribution in [2.45, 2.75) is 45.4 Å². The fourth-order valence-electron chi connectivity index (χ4n) is 2.70. The fraction of sp³-hybridized carbons (Fsp3) is 0.929. The minimum Gasteiger partial charge on any atom is -0.359 e. The number of amides is 1. The molecule has 2 aliphatic heterocycles. The summed E-state index contributed by atoms with van der Waals surface area (Å²) in [6, 6.07) is 0. The van der Waals surface area contributed by atoms with Gasteiger partial charge in [0.2, 0.25) is 5.91 Å². The first-order valence-electron chi connectivity index (χ1n) is 7.33. The molecule has 2 aliphatic rings. The summed E-state index contributed by atoms with van der Waals surface area (Å²) in [5.74, 6) is 0.0936. The SMILES string of the molecule is CC(C)(C)N1CCN(CC(=O)NC2CCCO2)CC1. The second-order valence-corrected chi connectivity index (χ2v) is 6.50. The van der Waals surface area contributed by atoms with Crippen molar-refractivity contribution in [2.75, 3.05) is 39.3 Å². The number of hydrogen-bond acceptors (Lipinski definition) is 4. The van der Waals surface area contributed by atoms with Crippen molar-refractivity contribution in [3.63, 3.8) is 0 Å². The van der Waals surface area contributed by atoms with Gasteiger partial charge in [0.05, 0.1) is 6.54 Å². The van der Waals surface area contributed by atoms with Gasteiger partial charge in [-0.25, -0.2) is 0 Å². The molecule has 0 aromatic carbocycles. The first kappa shape index (κ1) is 14.8. The van der Waals surface area contributed by atoms with E-state index in [-0.39, 0.29) is 17.7 Å². The highest BCUT2D eigenvalue weighted by Gasteiger charge is 2.27. The summed E-state index contributed by atoms with van der Waals surface area (Å²) in [5.41, 5.74) is 0.228. The van der Waals surface area contributed by atoms with Crippen molar-refractivity contribution in [1.29, 1.82) is 0 Å². The van der Waals surface area contributed by atoms with E-state index in [0.717, 1.165) is 45.6 Å². The Morgan fingerprint density at radius 2 is 1.95 bits per heavy atom. The van der Waals surface area contributed by atoms with Gasteiger partial charge < -0.3 is 10.1 Å². The monoisotopic (exact) mass is 269 g/mol. The van der Waals surface area contributed by atoms with Gasteiger partial charge in [-0.05, 0) is 33.6 Å². The average molecular weight is 269 g/mol. The predicted octanol–water partition coefficient (Wildman–Crippen LogP) is 0.655. The van der Waals surface area contributed by atoms with E-state index in [2.05, 4.69) is 35.9 Å². The molecule has 0 spiro atoms. The van der Waals surface area contributed by atoms with Gasteiger partial charge in [-0.15, -0.1) is 0 Å². The van der Waals surface area contributed by atoms with Crippen LogP contribution in [0.4, 0.5) is 0 Å². The van der Waals surface area contributed by atoms with Crippen LogP contribution < -0.4 is 5.32 Å². The highest BCUT2D eigenvalue weighted by Crippen LogP contribution is 2.15. The van der Waals surface area contributed by atoms with Crippen LogP contribution in [0.3, 0.4) is 0 Å². The third kappa shape index (κ3) is 4.44. The zero-order valence-electron chi connectivity index (χ0n) is 12.4. The molecule has 5 nitrogen and oxygen atoms in total. The second-order valence-electron chi connectivity index (χ2n) is 6.50. The number of rotatable bonds is 3. The Morgan fingerprint density at radius 3 is 2.47 bits per heavy atom. The first-order valence-corrected chi connectivity index (χ1v) is 7.33. The molecule has 110 valence electrons. The van der Waals surface area contributed by atoms with Crippen LogP contribution in [0.15, 0.2) is 0 Å². The maximum atomic E-state index is 11.9. The van der Waals surface area contributed by atoms with Crippen LogP contribution in [-0.4, -0.2) is 66.8 Å². The van der Waals surface area contributed by atoms with Crippen molar-refractivity contribution in [3.8, 4) is 0 Å². The maximum absolute atomic E-state index is 11.9. The molecule has 2 rings (SSSR count). The van der Waals surface area contributed by atoms with Gasteiger partial charge in [0.25, 0.3) is 0 Å². The Kier molecular flexibility index (Phi) is 4.81. The molecule has 0 bridgehead atoms. The molecule has 1 unspecified atom stereocenters. The third-order valence-electron chi connectivity index (χ3n) is 3.94. The summed E-state index contributed by atoms with van der Waals surface area (Å²) < 4.78 is 5.42. The van der Waals surface area contributed by atoms with E-state index in [1.54, 1.807) is 0 Å². The molecular formula is C14H27N3O2. The van der Waals surface area contributed by atoms with E-state index >= 15 is 0 Å². The highest BCUT2D eigenvalue weighted by atomic mass is 16.5. The first-order chi connectivity index (χ1) is 8.95. The van der Waals surface area contributed by atoms with E-state index in [0.29, 0.717) is 6.54 Å². The largest absolute Gasteiger partial charge is 0.359 e. The molecule has 0 saturated carbocycles. The zero-order valence-corrected chi connectivity index (χ0v) is 12.4. The zero-order chi connectivity index (χ0) is 13.9. The smallest absolute Gasteiger partial charge is 0.236 e. The Balaban J connectivity index is 1.68. The van der Waals surface area contributed by atoms with Gasteiger partial charge >= 0.3 is 0 Å². The summed E-state index contributed by atoms with van der Waals surface area (Å²) in [5, 5.41) is 2.95. The lowest BCUT2D eigenvalue weighted by Gasteiger charge is -2.42. The van der Waals surface area contributed by atoms with Crippen molar-refractivity contribution in [3.05, 3.63) is 0 Å². The molecule has 19 heavy (non-hydrogen) atoms. The number of carbonyl (C=O) groups excluding carboxylic acids is 1. The van der Waals surface area contributed by atoms with Crippen LogP contribution in [0.1, 0.15) is 33.6 Å². The normalized spacial score (nSPS) is 26.6. The molecule has 1 amide bonds. The van der Waals surface area contributed by atoms with E-state index in [1.165, 1.54) is 0 Å². The van der Waals surface area contributed by atoms with Crippen LogP contribution in [0, 0.1) is 0 Å².